The van der Waals surface area contributed by atoms with Crippen molar-refractivity contribution in [2.75, 3.05) is 28.6 Å². The highest BCUT2D eigenvalue weighted by Gasteiger charge is 2.24. The lowest BCUT2D eigenvalue weighted by Crippen LogP contribution is -2.28. The fourth-order valence-corrected chi connectivity index (χ4v) is 4.21. The van der Waals surface area contributed by atoms with Crippen LogP contribution in [-0.4, -0.2) is 36.0 Å². The van der Waals surface area contributed by atoms with Gasteiger partial charge in [-0.05, 0) is 42.3 Å². The molecule has 1 fully saturated rings. The van der Waals surface area contributed by atoms with Gasteiger partial charge >= 0.3 is 12.1 Å². The number of anilines is 3. The van der Waals surface area contributed by atoms with E-state index in [1.54, 1.807) is 16.3 Å². The molecular formula is C23H24N6O3S. The first-order valence-corrected chi connectivity index (χ1v) is 11.3. The average Bonchev–Trinajstić information content (AvgIpc) is 3.41. The van der Waals surface area contributed by atoms with Gasteiger partial charge < -0.3 is 21.3 Å². The number of aryl methyl sites for hydroxylation is 1. The van der Waals surface area contributed by atoms with Crippen molar-refractivity contribution in [2.24, 2.45) is 0 Å². The van der Waals surface area contributed by atoms with E-state index < -0.39 is 0 Å². The highest BCUT2D eigenvalue weighted by Crippen LogP contribution is 2.22. The topological polar surface area (TPSA) is 115 Å². The molecule has 10 heteroatoms. The van der Waals surface area contributed by atoms with Gasteiger partial charge in [0, 0.05) is 36.4 Å². The molecule has 1 aromatic heterocycles. The van der Waals surface area contributed by atoms with Crippen molar-refractivity contribution in [3.8, 4) is 0 Å². The predicted octanol–water partition coefficient (Wildman–Crippen LogP) is 3.48. The summed E-state index contributed by atoms with van der Waals surface area (Å²) in [6, 6.07) is 14.3. The largest absolute Gasteiger partial charge is 0.352 e. The molecule has 2 aromatic carbocycles. The Bertz CT molecular complexity index is 1180. The normalized spacial score (nSPS) is 12.9. The fraction of sp³-hybridized carbons (Fsp3) is 0.217. The van der Waals surface area contributed by atoms with Gasteiger partial charge in [-0.1, -0.05) is 24.3 Å². The zero-order valence-electron chi connectivity index (χ0n) is 18.1. The molecule has 4 rings (SSSR count). The molecule has 4 N–H and O–H groups in total. The van der Waals surface area contributed by atoms with Crippen molar-refractivity contribution in [1.82, 2.24) is 15.6 Å². The van der Waals surface area contributed by atoms with E-state index in [0.717, 1.165) is 11.1 Å². The van der Waals surface area contributed by atoms with E-state index in [0.29, 0.717) is 41.8 Å². The molecule has 33 heavy (non-hydrogen) atoms. The summed E-state index contributed by atoms with van der Waals surface area (Å²) in [6.07, 6.45) is 0.128. The molecule has 0 spiro atoms. The lowest BCUT2D eigenvalue weighted by molar-refractivity contribution is -0.120. The Hall–Kier alpha value is -3.92. The molecule has 0 radical (unpaired) electrons. The zero-order chi connectivity index (χ0) is 23.2. The Balaban J connectivity index is 1.27. The average molecular weight is 465 g/mol. The van der Waals surface area contributed by atoms with E-state index in [4.69, 9.17) is 0 Å². The summed E-state index contributed by atoms with van der Waals surface area (Å²) in [5, 5.41) is 13.6. The Morgan fingerprint density at radius 2 is 1.88 bits per heavy atom. The second-order valence-corrected chi connectivity index (χ2v) is 8.44. The molecule has 170 valence electrons. The van der Waals surface area contributed by atoms with Crippen molar-refractivity contribution < 1.29 is 14.4 Å². The molecule has 0 aliphatic carbocycles. The summed E-state index contributed by atoms with van der Waals surface area (Å²) in [7, 11) is 0. The summed E-state index contributed by atoms with van der Waals surface area (Å²) < 4.78 is 0. The van der Waals surface area contributed by atoms with E-state index in [9.17, 15) is 14.4 Å². The fourth-order valence-electron chi connectivity index (χ4n) is 3.36. The van der Waals surface area contributed by atoms with Crippen LogP contribution in [-0.2, 0) is 17.8 Å². The zero-order valence-corrected chi connectivity index (χ0v) is 18.9. The number of carbonyl (C=O) groups excluding carboxylic acids is 3. The van der Waals surface area contributed by atoms with Gasteiger partial charge in [0.15, 0.2) is 5.13 Å². The lowest BCUT2D eigenvalue weighted by atomic mass is 10.2. The molecule has 0 atom stereocenters. The SMILES string of the molecule is Cc1cccc(NC(=O)Nc2cccc(CNC(=O)Cc3csc(N4CCNC4=O)n3)c2)c1. The van der Waals surface area contributed by atoms with Crippen LogP contribution in [0, 0.1) is 6.92 Å². The molecule has 1 saturated heterocycles. The number of urea groups is 2. The lowest BCUT2D eigenvalue weighted by Gasteiger charge is -2.10. The highest BCUT2D eigenvalue weighted by atomic mass is 32.1. The van der Waals surface area contributed by atoms with E-state index in [1.165, 1.54) is 11.3 Å². The number of hydrogen-bond acceptors (Lipinski definition) is 5. The van der Waals surface area contributed by atoms with Crippen LogP contribution in [0.25, 0.3) is 0 Å². The van der Waals surface area contributed by atoms with Crippen LogP contribution in [0.5, 0.6) is 0 Å². The van der Waals surface area contributed by atoms with E-state index in [1.807, 2.05) is 49.4 Å². The maximum atomic E-state index is 12.4. The molecule has 3 aromatic rings. The molecular weight excluding hydrogens is 440 g/mol. The number of nitrogens with one attached hydrogen (secondary N) is 4. The second kappa shape index (κ2) is 10.1. The van der Waals surface area contributed by atoms with Gasteiger partial charge in [0.25, 0.3) is 0 Å². The van der Waals surface area contributed by atoms with Gasteiger partial charge in [-0.2, -0.15) is 0 Å². The molecule has 2 heterocycles. The Labute approximate surface area is 195 Å². The van der Waals surface area contributed by atoms with Gasteiger partial charge in [-0.15, -0.1) is 11.3 Å². The summed E-state index contributed by atoms with van der Waals surface area (Å²) in [5.74, 6) is -0.173. The summed E-state index contributed by atoms with van der Waals surface area (Å²) in [5.41, 5.74) is 3.87. The molecule has 1 aliphatic heterocycles. The van der Waals surface area contributed by atoms with Gasteiger partial charge in [-0.3, -0.25) is 9.69 Å². The maximum absolute atomic E-state index is 12.4. The number of thiazole rings is 1. The van der Waals surface area contributed by atoms with Gasteiger partial charge in [0.05, 0.1) is 12.1 Å². The molecule has 5 amide bonds. The summed E-state index contributed by atoms with van der Waals surface area (Å²) in [4.78, 5) is 42.3. The smallest absolute Gasteiger partial charge is 0.323 e. The molecule has 0 saturated carbocycles. The van der Waals surface area contributed by atoms with Crippen LogP contribution >= 0.6 is 11.3 Å². The first kappa shape index (κ1) is 22.3. The number of rotatable bonds is 7. The molecule has 0 unspecified atom stereocenters. The monoisotopic (exact) mass is 464 g/mol. The number of nitrogens with zero attached hydrogens (tertiary/aromatic N) is 2. The van der Waals surface area contributed by atoms with Crippen molar-refractivity contribution in [2.45, 2.75) is 19.9 Å². The van der Waals surface area contributed by atoms with Crippen molar-refractivity contribution in [1.29, 1.82) is 0 Å². The highest BCUT2D eigenvalue weighted by molar-refractivity contribution is 7.14. The van der Waals surface area contributed by atoms with E-state index >= 15 is 0 Å². The third-order valence-corrected chi connectivity index (χ3v) is 5.83. The van der Waals surface area contributed by atoms with Crippen LogP contribution in [0.2, 0.25) is 0 Å². The van der Waals surface area contributed by atoms with Crippen molar-refractivity contribution >= 4 is 45.8 Å². The molecule has 9 nitrogen and oxygen atoms in total. The Morgan fingerprint density at radius 3 is 2.61 bits per heavy atom. The predicted molar refractivity (Wildman–Crippen MR) is 129 cm³/mol. The number of amides is 5. The van der Waals surface area contributed by atoms with Gasteiger partial charge in [0.1, 0.15) is 0 Å². The van der Waals surface area contributed by atoms with Crippen LogP contribution < -0.4 is 26.2 Å². The quantitative estimate of drug-likeness (QED) is 0.428. The number of benzene rings is 2. The first-order valence-electron chi connectivity index (χ1n) is 10.5. The van der Waals surface area contributed by atoms with E-state index in [2.05, 4.69) is 26.3 Å². The standard InChI is InChI=1S/C23H24N6O3S/c1-15-4-2-6-17(10-15)26-21(31)27-18-7-3-5-16(11-18)13-25-20(30)12-19-14-33-23(28-19)29-9-8-24-22(29)32/h2-7,10-11,14H,8-9,12-13H2,1H3,(H,24,32)(H,25,30)(H2,26,27,31). The minimum atomic E-state index is -0.340. The Morgan fingerprint density at radius 1 is 1.12 bits per heavy atom. The summed E-state index contributed by atoms with van der Waals surface area (Å²) >= 11 is 1.34. The van der Waals surface area contributed by atoms with Crippen LogP contribution in [0.1, 0.15) is 16.8 Å². The summed E-state index contributed by atoms with van der Waals surface area (Å²) in [6.45, 7) is 3.45. The van der Waals surface area contributed by atoms with Crippen LogP contribution in [0.4, 0.5) is 26.1 Å². The van der Waals surface area contributed by atoms with Crippen molar-refractivity contribution in [3.63, 3.8) is 0 Å². The molecule has 1 aliphatic rings. The third-order valence-electron chi connectivity index (χ3n) is 4.92. The first-order chi connectivity index (χ1) is 16.0. The number of aromatic nitrogens is 1. The minimum Gasteiger partial charge on any atom is -0.352 e. The number of hydrogen-bond donors (Lipinski definition) is 4. The second-order valence-electron chi connectivity index (χ2n) is 7.61. The molecule has 0 bridgehead atoms. The van der Waals surface area contributed by atoms with Crippen LogP contribution in [0.3, 0.4) is 0 Å². The van der Waals surface area contributed by atoms with Crippen molar-refractivity contribution in [3.05, 3.63) is 70.7 Å². The Kier molecular flexibility index (Phi) is 6.84. The van der Waals surface area contributed by atoms with E-state index in [-0.39, 0.29) is 24.4 Å². The number of carbonyl (C=O) groups is 3. The third kappa shape index (κ3) is 6.07. The van der Waals surface area contributed by atoms with Crippen LogP contribution in [0.15, 0.2) is 53.9 Å². The maximum Gasteiger partial charge on any atom is 0.323 e. The van der Waals surface area contributed by atoms with Gasteiger partial charge in [0.2, 0.25) is 5.91 Å². The minimum absolute atomic E-state index is 0.128. The van der Waals surface area contributed by atoms with Gasteiger partial charge in [-0.25, -0.2) is 14.6 Å².